The van der Waals surface area contributed by atoms with Crippen molar-refractivity contribution >= 4 is 116 Å². The van der Waals surface area contributed by atoms with Crippen LogP contribution in [0.1, 0.15) is 165 Å². The highest BCUT2D eigenvalue weighted by molar-refractivity contribution is 6.00. The van der Waals surface area contributed by atoms with E-state index in [1.807, 2.05) is 109 Å². The zero-order valence-electron chi connectivity index (χ0n) is 71.4. The van der Waals surface area contributed by atoms with Crippen molar-refractivity contribution in [3.8, 4) is 0 Å². The number of nitrogens with zero attached hydrogens (tertiary/aromatic N) is 4. The minimum atomic E-state index is -1.15. The fourth-order valence-electron chi connectivity index (χ4n) is 16.9. The molecule has 4 aromatic carbocycles. The molecule has 125 heavy (non-hydrogen) atoms. The molecule has 0 bridgehead atoms. The molecule has 4 aliphatic heterocycles. The van der Waals surface area contributed by atoms with E-state index in [0.29, 0.717) is 57.3 Å². The summed E-state index contributed by atoms with van der Waals surface area (Å²) in [5, 5.41) is 35.7. The SMILES string of the molecule is CC(=O)N[C@@H](Cc1ccccc1)C(=O)NC1CCCNC(=O)[C@H](CCCN=C(N)N)NC(=O)[C@H](Cc2c[nH]c3ccccc23)NC(=O)[C@@H](C)NC(=O)[C@@H]2CCCN2C1=O.CC(=O)N[C@@H](Cc1ccccc1)C(=O)NC1CCCNC(=O)[C@H](CCCN=C(N)N)NC(=O)[C@H](Cc2c[nH]c3ccccc23)NC(=O)[C@@H](CCC2CCCCC2)NC(=O)[C@@H]2CCCN2C1=O. The molecule has 22 N–H and O–H groups in total. The van der Waals surface area contributed by atoms with Gasteiger partial charge in [-0.05, 0) is 137 Å². The Morgan fingerprint density at radius 3 is 1.26 bits per heavy atom. The van der Waals surface area contributed by atoms with Gasteiger partial charge in [0.2, 0.25) is 82.7 Å². The smallest absolute Gasteiger partial charge is 0.245 e. The van der Waals surface area contributed by atoms with Crippen LogP contribution >= 0.6 is 0 Å². The number of para-hydroxylation sites is 2. The van der Waals surface area contributed by atoms with Gasteiger partial charge in [-0.2, -0.15) is 0 Å². The van der Waals surface area contributed by atoms with Crippen molar-refractivity contribution in [2.75, 3.05) is 39.3 Å². The number of carbonyl (C=O) groups is 14. The molecule has 1 aliphatic carbocycles. The van der Waals surface area contributed by atoms with Gasteiger partial charge in [0, 0.05) is 113 Å². The Balaban J connectivity index is 0.000000263. The third kappa shape index (κ3) is 28.3. The van der Waals surface area contributed by atoms with Crippen LogP contribution < -0.4 is 86.7 Å². The maximum atomic E-state index is 14.6. The van der Waals surface area contributed by atoms with Crippen molar-refractivity contribution in [1.29, 1.82) is 0 Å². The summed E-state index contributed by atoms with van der Waals surface area (Å²) in [6, 6.07) is 20.7. The van der Waals surface area contributed by atoms with Crippen molar-refractivity contribution in [2.45, 2.75) is 241 Å². The van der Waals surface area contributed by atoms with Gasteiger partial charge in [-0.15, -0.1) is 0 Å². The lowest BCUT2D eigenvalue weighted by atomic mass is 9.85. The summed E-state index contributed by atoms with van der Waals surface area (Å²) in [4.78, 5) is 211. The van der Waals surface area contributed by atoms with Gasteiger partial charge in [-0.25, -0.2) is 0 Å². The standard InChI is InChI=1S/C48H67N11O7.C41H55N11O7/c1-30(60)54-39(27-32-15-6-3-7-16-32)44(63)57-38-20-11-24-51-42(61)36(19-10-25-52-48(49)50)55-45(64)40(28-33-29-53-35-18-9-8-17-34(33)35)58-43(62)37(23-22-31-13-4-2-5-14-31)56-46(65)41-21-12-26-59(41)47(38)66;1-24-35(54)51-33(22-27-23-46-29-14-7-6-13-28(27)29)38(57)49-30(15-8-19-45-41(42)43)36(55)44-18-9-16-31(40(59)52-20-10-17-34(52)39(58)47-24)50-37(56)32(48-25(2)53)21-26-11-4-3-5-12-26/h3,6-9,15-18,29,31,36-41,53H,2,4-5,10-14,19-28H2,1H3,(H,51,61)(H,54,60)(H,55,64)(H,56,65)(H,57,63)(H,58,62)(H4,49,50,52);3-7,11-14,23-24,30-34,46H,8-10,15-22H2,1-2H3,(H,44,55)(H,47,58)(H,48,53)(H,49,57)(H,50,56)(H,51,54)(H4,42,43,45)/t36-,37+,38?,39-,40-,41-;24-,30+,31?,32+,33+,34+/m01/s1. The first kappa shape index (κ1) is 94.3. The summed E-state index contributed by atoms with van der Waals surface area (Å²) in [5.74, 6) is -7.37. The molecule has 14 amide bonds. The predicted octanol–water partition coefficient (Wildman–Crippen LogP) is 1.08. The van der Waals surface area contributed by atoms with E-state index in [-0.39, 0.29) is 115 Å². The van der Waals surface area contributed by atoms with E-state index in [9.17, 15) is 67.1 Å². The third-order valence-electron chi connectivity index (χ3n) is 23.4. The molecule has 1 saturated carbocycles. The number of hydrogen-bond donors (Lipinski definition) is 18. The topological polar surface area (TPSA) is 550 Å². The number of guanidine groups is 2. The normalized spacial score (nSPS) is 23.0. The lowest BCUT2D eigenvalue weighted by molar-refractivity contribution is -0.142. The van der Waals surface area contributed by atoms with Crippen molar-refractivity contribution < 1.29 is 67.1 Å². The zero-order valence-corrected chi connectivity index (χ0v) is 71.4. The van der Waals surface area contributed by atoms with Crippen LogP contribution in [0.2, 0.25) is 0 Å². The molecule has 12 atom stereocenters. The Bertz CT molecular complexity index is 4790. The van der Waals surface area contributed by atoms with Gasteiger partial charge in [0.05, 0.1) is 0 Å². The van der Waals surface area contributed by atoms with E-state index in [1.165, 1.54) is 30.6 Å². The minimum Gasteiger partial charge on any atom is -0.370 e. The molecule has 36 nitrogen and oxygen atoms in total. The molecule has 672 valence electrons. The average Bonchev–Trinajstić information content (AvgIpc) is 1.72. The van der Waals surface area contributed by atoms with Gasteiger partial charge in [-0.1, -0.05) is 129 Å². The first-order chi connectivity index (χ1) is 60.2. The van der Waals surface area contributed by atoms with Crippen LogP contribution in [-0.2, 0) is 92.8 Å². The number of aromatic amines is 2. The Morgan fingerprint density at radius 1 is 0.424 bits per heavy atom. The van der Waals surface area contributed by atoms with E-state index < -0.39 is 155 Å². The van der Waals surface area contributed by atoms with Crippen LogP contribution in [-0.4, -0.2) is 226 Å². The summed E-state index contributed by atoms with van der Waals surface area (Å²) >= 11 is 0. The van der Waals surface area contributed by atoms with E-state index in [1.54, 1.807) is 12.4 Å². The number of aromatic nitrogens is 2. The fourth-order valence-corrected chi connectivity index (χ4v) is 16.9. The maximum Gasteiger partial charge on any atom is 0.245 e. The molecule has 6 aromatic rings. The second-order valence-electron chi connectivity index (χ2n) is 32.9. The van der Waals surface area contributed by atoms with Gasteiger partial charge in [0.25, 0.3) is 0 Å². The van der Waals surface area contributed by atoms with Crippen molar-refractivity contribution in [3.63, 3.8) is 0 Å². The molecule has 36 heteroatoms. The van der Waals surface area contributed by atoms with E-state index >= 15 is 0 Å². The summed E-state index contributed by atoms with van der Waals surface area (Å²) in [5.41, 5.74) is 26.9. The molecule has 0 radical (unpaired) electrons. The number of amides is 14. The lowest BCUT2D eigenvalue weighted by Gasteiger charge is -2.32. The fraction of sp³-hybridized carbons (Fsp3) is 0.506. The molecule has 5 fully saturated rings. The minimum absolute atomic E-state index is 0.0643. The highest BCUT2D eigenvalue weighted by Crippen LogP contribution is 2.30. The van der Waals surface area contributed by atoms with Crippen molar-refractivity contribution in [2.24, 2.45) is 38.8 Å². The molecular formula is C89H122N22O14. The average molecular weight is 1720 g/mol. The molecular weight excluding hydrogens is 1600 g/mol. The summed E-state index contributed by atoms with van der Waals surface area (Å²) in [6.45, 7) is 5.09. The molecule has 4 saturated heterocycles. The van der Waals surface area contributed by atoms with Crippen LogP contribution in [0.4, 0.5) is 0 Å². The van der Waals surface area contributed by atoms with Crippen LogP contribution in [0.25, 0.3) is 21.8 Å². The van der Waals surface area contributed by atoms with Gasteiger partial charge in [-0.3, -0.25) is 77.1 Å². The Labute approximate surface area is 726 Å². The molecule has 11 rings (SSSR count). The number of rotatable bonds is 25. The van der Waals surface area contributed by atoms with Crippen LogP contribution in [0, 0.1) is 5.92 Å². The predicted molar refractivity (Wildman–Crippen MR) is 470 cm³/mol. The number of aliphatic imine (C=N–C) groups is 2. The van der Waals surface area contributed by atoms with Crippen LogP contribution in [0.15, 0.2) is 132 Å². The second-order valence-corrected chi connectivity index (χ2v) is 32.9. The maximum absolute atomic E-state index is 14.6. The molecule has 6 heterocycles. The Morgan fingerprint density at radius 2 is 0.816 bits per heavy atom. The number of nitrogens with two attached hydrogens (primary N) is 4. The van der Waals surface area contributed by atoms with E-state index in [0.717, 1.165) is 76.2 Å². The Kier molecular flexibility index (Phi) is 35.5. The lowest BCUT2D eigenvalue weighted by Crippen LogP contribution is -2.60. The quantitative estimate of drug-likeness (QED) is 0.0217. The molecule has 2 aromatic heterocycles. The number of benzene rings is 4. The number of H-pyrrole nitrogens is 2. The zero-order chi connectivity index (χ0) is 89.5. The Hall–Kier alpha value is -12.9. The number of fused-ring (bicyclic) bond motifs is 4. The number of hydrogen-bond acceptors (Lipinski definition) is 16. The van der Waals surface area contributed by atoms with E-state index in [2.05, 4.69) is 83.8 Å². The van der Waals surface area contributed by atoms with Crippen LogP contribution in [0.5, 0.6) is 0 Å². The summed E-state index contributed by atoms with van der Waals surface area (Å²) in [6.07, 6.45) is 13.6. The number of carbonyl (C=O) groups excluding carboxylic acids is 14. The monoisotopic (exact) mass is 1720 g/mol. The number of nitrogens with one attached hydrogen (secondary N) is 14. The first-order valence-corrected chi connectivity index (χ1v) is 43.6. The van der Waals surface area contributed by atoms with Crippen molar-refractivity contribution in [3.05, 3.63) is 144 Å². The van der Waals surface area contributed by atoms with Crippen LogP contribution in [0.3, 0.4) is 0 Å². The second kappa shape index (κ2) is 47.1. The third-order valence-corrected chi connectivity index (χ3v) is 23.4. The molecule has 0 spiro atoms. The summed E-state index contributed by atoms with van der Waals surface area (Å²) in [7, 11) is 0. The molecule has 2 unspecified atom stereocenters. The van der Waals surface area contributed by atoms with Gasteiger partial charge in [0.1, 0.15) is 72.5 Å². The molecule has 5 aliphatic rings. The summed E-state index contributed by atoms with van der Waals surface area (Å²) < 4.78 is 0. The van der Waals surface area contributed by atoms with Gasteiger partial charge < -0.3 is 107 Å². The highest BCUT2D eigenvalue weighted by atomic mass is 16.2. The largest absolute Gasteiger partial charge is 0.370 e. The highest BCUT2D eigenvalue weighted by Gasteiger charge is 2.43. The van der Waals surface area contributed by atoms with Gasteiger partial charge in [0.15, 0.2) is 11.9 Å². The first-order valence-electron chi connectivity index (χ1n) is 43.6. The van der Waals surface area contributed by atoms with Crippen molar-refractivity contribution in [1.82, 2.24) is 83.6 Å². The van der Waals surface area contributed by atoms with E-state index in [4.69, 9.17) is 22.9 Å². The van der Waals surface area contributed by atoms with Gasteiger partial charge >= 0.3 is 0 Å².